The maximum absolute atomic E-state index is 11.0. The van der Waals surface area contributed by atoms with Crippen LogP contribution in [0.25, 0.3) is 0 Å². The van der Waals surface area contributed by atoms with Crippen molar-refractivity contribution in [2.24, 2.45) is 0 Å². The fourth-order valence-electron chi connectivity index (χ4n) is 0.403. The number of nitrogens with zero attached hydrogens (tertiary/aromatic N) is 1. The molecule has 63 valence electrons. The van der Waals surface area contributed by atoms with Crippen molar-refractivity contribution < 1.29 is 8.42 Å². The van der Waals surface area contributed by atoms with Gasteiger partial charge in [-0.1, -0.05) is 0 Å². The van der Waals surface area contributed by atoms with E-state index in [-0.39, 0.29) is 35.6 Å². The summed E-state index contributed by atoms with van der Waals surface area (Å²) in [5.41, 5.74) is 0. The Labute approximate surface area is 90.8 Å². The van der Waals surface area contributed by atoms with Crippen LogP contribution in [0.15, 0.2) is 0 Å². The monoisotopic (exact) mass is 189 g/mol. The van der Waals surface area contributed by atoms with E-state index in [0.717, 1.165) is 4.31 Å². The molecule has 0 aromatic carbocycles. The fourth-order valence-corrected chi connectivity index (χ4v) is 1.21. The van der Waals surface area contributed by atoms with E-state index in [4.69, 9.17) is 0 Å². The van der Waals surface area contributed by atoms with Gasteiger partial charge in [-0.05, 0) is 13.8 Å². The van der Waals surface area contributed by atoms with Gasteiger partial charge in [-0.15, -0.1) is 0 Å². The molecular formula is C5H14N2NaO2S. The second-order valence-corrected chi connectivity index (χ2v) is 4.48. The number of hydrogen-bond donors (Lipinski definition) is 1. The molecule has 4 nitrogen and oxygen atoms in total. The zero-order valence-electron chi connectivity index (χ0n) is 7.75. The predicted molar refractivity (Wildman–Crippen MR) is 46.6 cm³/mol. The van der Waals surface area contributed by atoms with Crippen molar-refractivity contribution in [3.05, 3.63) is 0 Å². The molecular weight excluding hydrogens is 175 g/mol. The van der Waals surface area contributed by atoms with Crippen LogP contribution in [0.2, 0.25) is 0 Å². The van der Waals surface area contributed by atoms with Crippen molar-refractivity contribution in [1.82, 2.24) is 9.03 Å². The maximum atomic E-state index is 11.0. The summed E-state index contributed by atoms with van der Waals surface area (Å²) < 4.78 is 25.5. The van der Waals surface area contributed by atoms with Crippen LogP contribution in [0.5, 0.6) is 0 Å². The first-order chi connectivity index (χ1) is 4.36. The zero-order valence-corrected chi connectivity index (χ0v) is 10.6. The Bertz CT molecular complexity index is 189. The van der Waals surface area contributed by atoms with Crippen LogP contribution in [-0.2, 0) is 10.2 Å². The molecule has 0 fully saturated rings. The molecule has 0 spiro atoms. The van der Waals surface area contributed by atoms with Crippen LogP contribution >= 0.6 is 0 Å². The van der Waals surface area contributed by atoms with Gasteiger partial charge in [0.15, 0.2) is 0 Å². The van der Waals surface area contributed by atoms with Crippen molar-refractivity contribution in [1.29, 1.82) is 0 Å². The Balaban J connectivity index is 0. The van der Waals surface area contributed by atoms with E-state index in [1.807, 2.05) is 0 Å². The van der Waals surface area contributed by atoms with Gasteiger partial charge in [0.2, 0.25) is 0 Å². The molecule has 0 aliphatic carbocycles. The molecule has 11 heavy (non-hydrogen) atoms. The van der Waals surface area contributed by atoms with Gasteiger partial charge in [-0.2, -0.15) is 17.4 Å². The van der Waals surface area contributed by atoms with Crippen LogP contribution in [0.3, 0.4) is 0 Å². The molecule has 0 aliphatic heterocycles. The van der Waals surface area contributed by atoms with Crippen LogP contribution in [0.4, 0.5) is 0 Å². The van der Waals surface area contributed by atoms with E-state index in [2.05, 4.69) is 4.72 Å². The molecule has 0 amide bonds. The van der Waals surface area contributed by atoms with Gasteiger partial charge in [0, 0.05) is 49.7 Å². The standard InChI is InChI=1S/C5H14N2O2S.Na/c1-5(2)6-10(8,9)7(3)4;/h5-6H,1-4H3;. The molecule has 1 N–H and O–H groups in total. The third-order valence-corrected chi connectivity index (χ3v) is 2.60. The van der Waals surface area contributed by atoms with Crippen molar-refractivity contribution >= 4 is 39.8 Å². The molecule has 0 aromatic heterocycles. The first-order valence-electron chi connectivity index (χ1n) is 3.06. The van der Waals surface area contributed by atoms with Gasteiger partial charge in [-0.3, -0.25) is 0 Å². The molecule has 0 heterocycles. The molecule has 0 saturated carbocycles. The predicted octanol–water partition coefficient (Wildman–Crippen LogP) is -0.590. The molecule has 0 unspecified atom stereocenters. The molecule has 0 aromatic rings. The molecule has 0 rings (SSSR count). The second kappa shape index (κ2) is 5.50. The molecule has 0 bridgehead atoms. The summed E-state index contributed by atoms with van der Waals surface area (Å²) >= 11 is 0. The van der Waals surface area contributed by atoms with E-state index in [0.29, 0.717) is 0 Å². The average Bonchev–Trinajstić information content (AvgIpc) is 1.60. The van der Waals surface area contributed by atoms with Crippen LogP contribution in [0, 0.1) is 0 Å². The first kappa shape index (κ1) is 14.4. The third-order valence-electron chi connectivity index (χ3n) is 0.865. The van der Waals surface area contributed by atoms with Gasteiger partial charge in [0.1, 0.15) is 0 Å². The van der Waals surface area contributed by atoms with Crippen LogP contribution in [0.1, 0.15) is 13.8 Å². The summed E-state index contributed by atoms with van der Waals surface area (Å²) in [7, 11) is -0.233. The number of rotatable bonds is 3. The van der Waals surface area contributed by atoms with Gasteiger partial charge in [0.25, 0.3) is 10.2 Å². The summed E-state index contributed by atoms with van der Waals surface area (Å²) in [4.78, 5) is 0. The van der Waals surface area contributed by atoms with Gasteiger partial charge < -0.3 is 0 Å². The largest absolute Gasteiger partial charge is 0.279 e. The molecule has 0 atom stereocenters. The summed E-state index contributed by atoms with van der Waals surface area (Å²) in [5, 5.41) is 0. The topological polar surface area (TPSA) is 49.4 Å². The Morgan fingerprint density at radius 1 is 1.27 bits per heavy atom. The smallest absolute Gasteiger partial charge is 0.200 e. The van der Waals surface area contributed by atoms with Crippen molar-refractivity contribution in [2.75, 3.05) is 14.1 Å². The molecule has 0 aliphatic rings. The van der Waals surface area contributed by atoms with E-state index >= 15 is 0 Å². The fraction of sp³-hybridized carbons (Fsp3) is 1.00. The Morgan fingerprint density at radius 3 is 1.73 bits per heavy atom. The van der Waals surface area contributed by atoms with E-state index in [9.17, 15) is 8.42 Å². The SMILES string of the molecule is CC(C)NS(=O)(=O)N(C)C.[Na]. The summed E-state index contributed by atoms with van der Waals surface area (Å²) in [6.45, 7) is 3.56. The van der Waals surface area contributed by atoms with E-state index in [1.54, 1.807) is 13.8 Å². The molecule has 1 radical (unpaired) electrons. The van der Waals surface area contributed by atoms with Gasteiger partial charge in [0.05, 0.1) is 0 Å². The third kappa shape index (κ3) is 6.07. The minimum absolute atomic E-state index is 0. The normalized spacial score (nSPS) is 11.8. The average molecular weight is 189 g/mol. The number of hydrogen-bond acceptors (Lipinski definition) is 2. The van der Waals surface area contributed by atoms with Gasteiger partial charge in [-0.25, -0.2) is 0 Å². The quantitative estimate of drug-likeness (QED) is 0.603. The second-order valence-electron chi connectivity index (χ2n) is 2.56. The summed E-state index contributed by atoms with van der Waals surface area (Å²) in [6, 6.07) is -0.0487. The van der Waals surface area contributed by atoms with Crippen molar-refractivity contribution in [3.63, 3.8) is 0 Å². The van der Waals surface area contributed by atoms with Crippen molar-refractivity contribution in [3.8, 4) is 0 Å². The Kier molecular flexibility index (Phi) is 7.20. The first-order valence-corrected chi connectivity index (χ1v) is 4.50. The van der Waals surface area contributed by atoms with Gasteiger partial charge >= 0.3 is 0 Å². The number of nitrogens with one attached hydrogen (secondary N) is 1. The van der Waals surface area contributed by atoms with Crippen LogP contribution in [-0.4, -0.2) is 62.4 Å². The zero-order chi connectivity index (χ0) is 8.36. The minimum atomic E-state index is -3.21. The Hall–Kier alpha value is 0.870. The van der Waals surface area contributed by atoms with Crippen LogP contribution < -0.4 is 4.72 Å². The van der Waals surface area contributed by atoms with Crippen molar-refractivity contribution in [2.45, 2.75) is 19.9 Å². The van der Waals surface area contributed by atoms with E-state index in [1.165, 1.54) is 14.1 Å². The molecule has 6 heteroatoms. The Morgan fingerprint density at radius 2 is 1.64 bits per heavy atom. The minimum Gasteiger partial charge on any atom is -0.200 e. The summed E-state index contributed by atoms with van der Waals surface area (Å²) in [6.07, 6.45) is 0. The summed E-state index contributed by atoms with van der Waals surface area (Å²) in [5.74, 6) is 0. The maximum Gasteiger partial charge on any atom is 0.279 e. The van der Waals surface area contributed by atoms with E-state index < -0.39 is 10.2 Å². The molecule has 0 saturated heterocycles.